The number of alkyl halides is 3. The Labute approximate surface area is 206 Å². The number of ether oxygens (including phenoxy) is 1. The molecule has 0 radical (unpaired) electrons. The molecule has 0 saturated carbocycles. The number of carbonyl (C=O) groups is 2. The topological polar surface area (TPSA) is 149 Å². The van der Waals surface area contributed by atoms with E-state index in [1.807, 2.05) is 49.4 Å². The Hall–Kier alpha value is -3.93. The number of carboxylic acids is 1. The number of nitrogens with one attached hydrogen (secondary N) is 1. The summed E-state index contributed by atoms with van der Waals surface area (Å²) in [6.07, 6.45) is -3.79. The lowest BCUT2D eigenvalue weighted by molar-refractivity contribution is -0.192. The number of aliphatic carboxylic acids is 1. The molecule has 1 heterocycles. The van der Waals surface area contributed by atoms with Gasteiger partial charge in [-0.3, -0.25) is 4.79 Å². The van der Waals surface area contributed by atoms with E-state index in [4.69, 9.17) is 20.4 Å². The highest BCUT2D eigenvalue weighted by molar-refractivity contribution is 5.86. The summed E-state index contributed by atoms with van der Waals surface area (Å²) in [5.41, 5.74) is 9.72. The van der Waals surface area contributed by atoms with Crippen molar-refractivity contribution in [2.24, 2.45) is 5.73 Å². The molecule has 2 aromatic carbocycles. The summed E-state index contributed by atoms with van der Waals surface area (Å²) in [5, 5.41) is 28.6. The van der Waals surface area contributed by atoms with Crippen molar-refractivity contribution in [3.63, 3.8) is 0 Å². The zero-order valence-electron chi connectivity index (χ0n) is 19.4. The van der Waals surface area contributed by atoms with Crippen molar-refractivity contribution in [3.05, 3.63) is 59.2 Å². The Balaban J connectivity index is 0.000000572. The van der Waals surface area contributed by atoms with Crippen LogP contribution in [0.25, 0.3) is 11.1 Å². The van der Waals surface area contributed by atoms with E-state index in [9.17, 15) is 28.5 Å². The summed E-state index contributed by atoms with van der Waals surface area (Å²) in [5.74, 6) is -3.06. The molecule has 2 aromatic rings. The van der Waals surface area contributed by atoms with Crippen LogP contribution in [-0.4, -0.2) is 48.0 Å². The molecule has 0 bridgehead atoms. The molecule has 1 atom stereocenters. The maximum Gasteiger partial charge on any atom is 0.490 e. The van der Waals surface area contributed by atoms with E-state index in [2.05, 4.69) is 17.5 Å². The molecule has 1 aliphatic rings. The van der Waals surface area contributed by atoms with Crippen molar-refractivity contribution < 1.29 is 32.6 Å². The lowest BCUT2D eigenvalue weighted by Gasteiger charge is -2.32. The van der Waals surface area contributed by atoms with Gasteiger partial charge in [0, 0.05) is 19.6 Å². The number of rotatable bonds is 5. The molecule has 0 aromatic heterocycles. The molecule has 36 heavy (non-hydrogen) atoms. The predicted molar refractivity (Wildman–Crippen MR) is 123 cm³/mol. The Kier molecular flexibility index (Phi) is 9.56. The Morgan fingerprint density at radius 3 is 2.19 bits per heavy atom. The first-order chi connectivity index (χ1) is 16.9. The van der Waals surface area contributed by atoms with Crippen molar-refractivity contribution in [2.45, 2.75) is 43.9 Å². The minimum Gasteiger partial charge on any atom is -0.475 e. The first kappa shape index (κ1) is 28.3. The smallest absolute Gasteiger partial charge is 0.475 e. The Morgan fingerprint density at radius 2 is 1.69 bits per heavy atom. The van der Waals surface area contributed by atoms with Gasteiger partial charge in [0.05, 0.1) is 23.2 Å². The summed E-state index contributed by atoms with van der Waals surface area (Å²) in [6, 6.07) is 17.3. The monoisotopic (exact) mass is 502 g/mol. The lowest BCUT2D eigenvalue weighted by atomic mass is 9.90. The number of amides is 1. The highest BCUT2D eigenvalue weighted by Crippen LogP contribution is 2.23. The summed E-state index contributed by atoms with van der Waals surface area (Å²) in [4.78, 5) is 21.4. The number of hydrogen-bond donors (Lipinski definition) is 3. The molecule has 8 nitrogen and oxygen atoms in total. The fourth-order valence-electron chi connectivity index (χ4n) is 3.38. The number of carboxylic acid groups (broad SMARTS) is 1. The zero-order valence-corrected chi connectivity index (χ0v) is 19.4. The van der Waals surface area contributed by atoms with Gasteiger partial charge >= 0.3 is 12.1 Å². The number of nitrogens with two attached hydrogens (primary N) is 1. The van der Waals surface area contributed by atoms with Crippen LogP contribution < -0.4 is 11.1 Å². The van der Waals surface area contributed by atoms with E-state index in [-0.39, 0.29) is 5.91 Å². The molecular weight excluding hydrogens is 477 g/mol. The van der Waals surface area contributed by atoms with E-state index < -0.39 is 23.7 Å². The van der Waals surface area contributed by atoms with Crippen LogP contribution in [0.15, 0.2) is 42.5 Å². The maximum absolute atomic E-state index is 12.5. The van der Waals surface area contributed by atoms with Crippen LogP contribution in [0.2, 0.25) is 0 Å². The van der Waals surface area contributed by atoms with Crippen LogP contribution in [0.1, 0.15) is 29.5 Å². The van der Waals surface area contributed by atoms with Crippen LogP contribution in [0.3, 0.4) is 0 Å². The normalized spacial score (nSPS) is 15.3. The van der Waals surface area contributed by atoms with E-state index in [1.165, 1.54) is 0 Å². The summed E-state index contributed by atoms with van der Waals surface area (Å²) < 4.78 is 37.0. The number of aryl methyl sites for hydroxylation is 1. The molecule has 1 aliphatic heterocycles. The molecular formula is C25H25F3N4O4. The predicted octanol–water partition coefficient (Wildman–Crippen LogP) is 3.23. The minimum atomic E-state index is -5.08. The number of hydrogen-bond acceptors (Lipinski definition) is 6. The Bertz CT molecular complexity index is 1160. The lowest BCUT2D eigenvalue weighted by Crippen LogP contribution is -2.58. The fraction of sp³-hybridized carbons (Fsp3) is 0.360. The van der Waals surface area contributed by atoms with E-state index in [1.54, 1.807) is 0 Å². The molecule has 4 N–H and O–H groups in total. The Morgan fingerprint density at radius 1 is 1.14 bits per heavy atom. The number of carbonyl (C=O) groups excluding carboxylic acids is 1. The van der Waals surface area contributed by atoms with Gasteiger partial charge in [-0.1, -0.05) is 36.4 Å². The fourth-order valence-corrected chi connectivity index (χ4v) is 3.38. The number of halogens is 3. The van der Waals surface area contributed by atoms with Gasteiger partial charge in [0.15, 0.2) is 0 Å². The average Bonchev–Trinajstić information content (AvgIpc) is 2.84. The SMILES string of the molecule is Cc1ccc(-c2ccc(C[C@@H](C#N)NC(=O)C3(N)CCOCC3)cc2)cc1C#N.O=C(O)C(F)(F)F. The van der Waals surface area contributed by atoms with Crippen molar-refractivity contribution in [1.29, 1.82) is 10.5 Å². The van der Waals surface area contributed by atoms with Gasteiger partial charge < -0.3 is 20.9 Å². The van der Waals surface area contributed by atoms with Crippen LogP contribution >= 0.6 is 0 Å². The largest absolute Gasteiger partial charge is 0.490 e. The first-order valence-electron chi connectivity index (χ1n) is 10.9. The second-order valence-electron chi connectivity index (χ2n) is 8.27. The van der Waals surface area contributed by atoms with Crippen molar-refractivity contribution in [3.8, 4) is 23.3 Å². The van der Waals surface area contributed by atoms with Gasteiger partial charge in [-0.05, 0) is 48.1 Å². The number of nitriles is 2. The van der Waals surface area contributed by atoms with E-state index in [0.717, 1.165) is 22.3 Å². The number of nitrogens with zero attached hydrogens (tertiary/aromatic N) is 2. The van der Waals surface area contributed by atoms with Crippen LogP contribution in [-0.2, 0) is 20.7 Å². The van der Waals surface area contributed by atoms with Gasteiger partial charge in [0.2, 0.25) is 5.91 Å². The van der Waals surface area contributed by atoms with E-state index >= 15 is 0 Å². The standard InChI is InChI=1S/C23H24N4O2.C2HF3O2/c1-16-2-5-19(13-20(16)14-24)18-6-3-17(4-7-18)12-21(15-25)27-22(28)23(26)8-10-29-11-9-23;3-2(4,5)1(6)7/h2-7,13,21H,8-12,26H2,1H3,(H,27,28);(H,6,7)/t21-;/m0./s1. The highest BCUT2D eigenvalue weighted by Gasteiger charge is 2.38. The van der Waals surface area contributed by atoms with Crippen LogP contribution in [0, 0.1) is 29.6 Å². The van der Waals surface area contributed by atoms with Gasteiger partial charge in [-0.2, -0.15) is 23.7 Å². The second kappa shape index (κ2) is 12.2. The van der Waals surface area contributed by atoms with Gasteiger partial charge in [0.1, 0.15) is 6.04 Å². The summed E-state index contributed by atoms with van der Waals surface area (Å²) >= 11 is 0. The molecule has 1 fully saturated rings. The number of benzene rings is 2. The molecule has 0 spiro atoms. The quantitative estimate of drug-likeness (QED) is 0.568. The molecule has 11 heteroatoms. The molecule has 190 valence electrons. The third-order valence-electron chi connectivity index (χ3n) is 5.63. The van der Waals surface area contributed by atoms with Crippen molar-refractivity contribution >= 4 is 11.9 Å². The van der Waals surface area contributed by atoms with Gasteiger partial charge in [0.25, 0.3) is 0 Å². The minimum absolute atomic E-state index is 0.298. The van der Waals surface area contributed by atoms with Crippen LogP contribution in [0.4, 0.5) is 13.2 Å². The summed E-state index contributed by atoms with van der Waals surface area (Å²) in [7, 11) is 0. The van der Waals surface area contributed by atoms with Crippen molar-refractivity contribution in [1.82, 2.24) is 5.32 Å². The van der Waals surface area contributed by atoms with Crippen LogP contribution in [0.5, 0.6) is 0 Å². The maximum atomic E-state index is 12.5. The average molecular weight is 502 g/mol. The molecule has 0 unspecified atom stereocenters. The second-order valence-corrected chi connectivity index (χ2v) is 8.27. The van der Waals surface area contributed by atoms with E-state index in [0.29, 0.717) is 38.0 Å². The zero-order chi connectivity index (χ0) is 26.9. The third-order valence-corrected chi connectivity index (χ3v) is 5.63. The third kappa shape index (κ3) is 7.80. The van der Waals surface area contributed by atoms with Gasteiger partial charge in [-0.15, -0.1) is 0 Å². The molecule has 1 amide bonds. The first-order valence-corrected chi connectivity index (χ1v) is 10.9. The highest BCUT2D eigenvalue weighted by atomic mass is 19.4. The van der Waals surface area contributed by atoms with Gasteiger partial charge in [-0.25, -0.2) is 4.79 Å². The van der Waals surface area contributed by atoms with Crippen molar-refractivity contribution in [2.75, 3.05) is 13.2 Å². The molecule has 1 saturated heterocycles. The molecule has 0 aliphatic carbocycles. The summed E-state index contributed by atoms with van der Waals surface area (Å²) in [6.45, 7) is 2.82. The molecule has 3 rings (SSSR count).